The molecule has 4 heteroatoms. The van der Waals surface area contributed by atoms with Gasteiger partial charge in [-0.25, -0.2) is 0 Å². The van der Waals surface area contributed by atoms with Crippen LogP contribution in [0.3, 0.4) is 0 Å². The number of thioether (sulfide) groups is 1. The maximum atomic E-state index is 4.44. The summed E-state index contributed by atoms with van der Waals surface area (Å²) in [7, 11) is 1.95. The number of aryl methyl sites for hydroxylation is 1. The van der Waals surface area contributed by atoms with Crippen LogP contribution in [0.25, 0.3) is 0 Å². The predicted octanol–water partition coefficient (Wildman–Crippen LogP) is 6.01. The number of rotatable bonds is 10. The molecule has 1 aromatic carbocycles. The fraction of sp³-hybridized carbons (Fsp3) is 0.500. The third-order valence-corrected chi connectivity index (χ3v) is 8.26. The van der Waals surface area contributed by atoms with Crippen LogP contribution in [-0.2, 0) is 6.42 Å². The molecule has 2 unspecified atom stereocenters. The topological polar surface area (TPSA) is 27.3 Å². The molecule has 2 N–H and O–H groups in total. The Kier molecular flexibility index (Phi) is 8.58. The van der Waals surface area contributed by atoms with Gasteiger partial charge in [0.25, 0.3) is 0 Å². The van der Waals surface area contributed by atoms with Crippen LogP contribution in [0, 0.1) is 18.8 Å². The van der Waals surface area contributed by atoms with E-state index in [1.54, 1.807) is 0 Å². The van der Waals surface area contributed by atoms with E-state index >= 15 is 0 Å². The molecule has 174 valence electrons. The summed E-state index contributed by atoms with van der Waals surface area (Å²) in [6.07, 6.45) is 8.99. The fourth-order valence-electron chi connectivity index (χ4n) is 4.97. The average molecular weight is 452 g/mol. The van der Waals surface area contributed by atoms with Crippen molar-refractivity contribution >= 4 is 11.8 Å². The number of likely N-dealkylation sites (tertiary alicyclic amines) is 1. The van der Waals surface area contributed by atoms with Gasteiger partial charge in [-0.15, -0.1) is 0 Å². The van der Waals surface area contributed by atoms with Gasteiger partial charge in [0.2, 0.25) is 0 Å². The Bertz CT molecular complexity index is 833. The molecule has 0 bridgehead atoms. The van der Waals surface area contributed by atoms with E-state index in [0.717, 1.165) is 30.8 Å². The van der Waals surface area contributed by atoms with E-state index < -0.39 is 0 Å². The third kappa shape index (κ3) is 6.04. The minimum atomic E-state index is 0.146. The number of likely N-dealkylation sites (N-methyl/N-ethyl adjacent to an activating group) is 1. The van der Waals surface area contributed by atoms with Crippen LogP contribution in [0.1, 0.15) is 43.2 Å². The first-order valence-electron chi connectivity index (χ1n) is 11.9. The lowest BCUT2D eigenvalue weighted by molar-refractivity contribution is 0.246. The summed E-state index contributed by atoms with van der Waals surface area (Å²) in [5, 5.41) is 7.47. The van der Waals surface area contributed by atoms with Gasteiger partial charge in [0.05, 0.1) is 6.04 Å². The van der Waals surface area contributed by atoms with Gasteiger partial charge in [0.1, 0.15) is 0 Å². The van der Waals surface area contributed by atoms with Gasteiger partial charge < -0.3 is 15.5 Å². The first-order valence-corrected chi connectivity index (χ1v) is 13.2. The van der Waals surface area contributed by atoms with Crippen molar-refractivity contribution in [2.24, 2.45) is 11.8 Å². The number of nitrogens with zero attached hydrogens (tertiary/aromatic N) is 1. The van der Waals surface area contributed by atoms with Crippen LogP contribution < -0.4 is 10.6 Å². The van der Waals surface area contributed by atoms with Gasteiger partial charge >= 0.3 is 0 Å². The molecule has 0 amide bonds. The number of benzene rings is 1. The van der Waals surface area contributed by atoms with Crippen LogP contribution in [0.2, 0.25) is 0 Å². The highest BCUT2D eigenvalue weighted by Crippen LogP contribution is 2.39. The standard InChI is InChI=1S/C28H41N3S/c1-19-8-10-24(11-9-19)17-27(22(4)29-6)30-21(3)26-14-12-25(13-15-26)18-31-20(2)16-28(32-7)23(31)5/h8-11,25-30H,2-5,12-18H2,1,6-7H3. The Balaban J connectivity index is 1.52. The Hall–Kier alpha value is -2.07. The van der Waals surface area contributed by atoms with E-state index in [4.69, 9.17) is 0 Å². The van der Waals surface area contributed by atoms with Crippen molar-refractivity contribution in [2.75, 3.05) is 19.8 Å². The lowest BCUT2D eigenvalue weighted by Gasteiger charge is -2.35. The summed E-state index contributed by atoms with van der Waals surface area (Å²) in [4.78, 5) is 2.40. The van der Waals surface area contributed by atoms with Crippen molar-refractivity contribution in [1.82, 2.24) is 15.5 Å². The van der Waals surface area contributed by atoms with E-state index in [9.17, 15) is 0 Å². The van der Waals surface area contributed by atoms with Gasteiger partial charge in [0.15, 0.2) is 0 Å². The molecule has 2 fully saturated rings. The van der Waals surface area contributed by atoms with Crippen LogP contribution in [0.4, 0.5) is 0 Å². The Labute approximate surface area is 200 Å². The van der Waals surface area contributed by atoms with Crippen LogP contribution in [0.15, 0.2) is 73.4 Å². The van der Waals surface area contributed by atoms with Gasteiger partial charge in [-0.3, -0.25) is 0 Å². The van der Waals surface area contributed by atoms with E-state index in [0.29, 0.717) is 17.1 Å². The maximum Gasteiger partial charge on any atom is 0.0690 e. The van der Waals surface area contributed by atoms with E-state index in [1.807, 2.05) is 18.8 Å². The van der Waals surface area contributed by atoms with Gasteiger partial charge in [-0.05, 0) is 62.7 Å². The summed E-state index contributed by atoms with van der Waals surface area (Å²) in [6, 6.07) is 8.92. The van der Waals surface area contributed by atoms with Crippen LogP contribution in [0.5, 0.6) is 0 Å². The van der Waals surface area contributed by atoms with Gasteiger partial charge in [-0.2, -0.15) is 11.8 Å². The molecule has 3 nitrogen and oxygen atoms in total. The van der Waals surface area contributed by atoms with Crippen LogP contribution in [-0.4, -0.2) is 36.0 Å². The molecular formula is C28H41N3S. The number of hydrogen-bond donors (Lipinski definition) is 2. The second kappa shape index (κ2) is 11.2. The molecule has 2 atom stereocenters. The summed E-state index contributed by atoms with van der Waals surface area (Å²) < 4.78 is 0. The molecule has 1 aliphatic carbocycles. The second-order valence-corrected chi connectivity index (χ2v) is 10.5. The molecule has 3 rings (SSSR count). The van der Waals surface area contributed by atoms with Gasteiger partial charge in [0, 0.05) is 48.1 Å². The Morgan fingerprint density at radius 2 is 1.78 bits per heavy atom. The summed E-state index contributed by atoms with van der Waals surface area (Å²) in [5.74, 6) is 1.24. The zero-order valence-corrected chi connectivity index (χ0v) is 21.1. The first kappa shape index (κ1) is 24.6. The number of hydrogen-bond acceptors (Lipinski definition) is 4. The van der Waals surface area contributed by atoms with E-state index in [1.165, 1.54) is 48.2 Å². The summed E-state index contributed by atoms with van der Waals surface area (Å²) in [6.45, 7) is 20.5. The third-order valence-electron chi connectivity index (χ3n) is 7.25. The second-order valence-electron chi connectivity index (χ2n) is 9.50. The van der Waals surface area contributed by atoms with Gasteiger partial charge in [-0.1, -0.05) is 56.1 Å². The van der Waals surface area contributed by atoms with E-state index in [2.05, 4.69) is 79.3 Å². The first-order chi connectivity index (χ1) is 15.3. The molecule has 1 aliphatic heterocycles. The largest absolute Gasteiger partial charge is 0.390 e. The van der Waals surface area contributed by atoms with Crippen molar-refractivity contribution in [3.05, 3.63) is 84.5 Å². The van der Waals surface area contributed by atoms with Crippen molar-refractivity contribution in [3.63, 3.8) is 0 Å². The minimum Gasteiger partial charge on any atom is -0.390 e. The molecule has 0 radical (unpaired) electrons. The normalized spacial score (nSPS) is 24.3. The molecule has 1 aromatic rings. The lowest BCUT2D eigenvalue weighted by Crippen LogP contribution is -2.39. The monoisotopic (exact) mass is 451 g/mol. The zero-order valence-electron chi connectivity index (χ0n) is 20.3. The van der Waals surface area contributed by atoms with Crippen LogP contribution >= 0.6 is 11.8 Å². The number of allylic oxidation sites excluding steroid dienone is 2. The van der Waals surface area contributed by atoms with E-state index in [-0.39, 0.29) is 6.04 Å². The molecular weight excluding hydrogens is 410 g/mol. The zero-order chi connectivity index (χ0) is 23.3. The lowest BCUT2D eigenvalue weighted by atomic mass is 9.80. The smallest absolute Gasteiger partial charge is 0.0690 e. The molecule has 32 heavy (non-hydrogen) atoms. The highest BCUT2D eigenvalue weighted by atomic mass is 32.2. The Morgan fingerprint density at radius 3 is 2.34 bits per heavy atom. The SMILES string of the molecule is C=C(NC(Cc1ccc(C)cc1)C(=C)NC)C1CCC(CN2C(=C)CC(SC)C2=C)CC1. The molecule has 1 saturated carbocycles. The molecule has 2 aliphatic rings. The van der Waals surface area contributed by atoms with Crippen molar-refractivity contribution in [1.29, 1.82) is 0 Å². The fourth-order valence-corrected chi connectivity index (χ4v) is 5.73. The van der Waals surface area contributed by atoms with Crippen molar-refractivity contribution in [2.45, 2.75) is 56.7 Å². The highest BCUT2D eigenvalue weighted by Gasteiger charge is 2.32. The molecule has 0 aromatic heterocycles. The minimum absolute atomic E-state index is 0.146. The molecule has 1 heterocycles. The summed E-state index contributed by atoms with van der Waals surface area (Å²) >= 11 is 1.89. The molecule has 0 spiro atoms. The Morgan fingerprint density at radius 1 is 1.12 bits per heavy atom. The highest BCUT2D eigenvalue weighted by molar-refractivity contribution is 7.99. The summed E-state index contributed by atoms with van der Waals surface area (Å²) in [5.41, 5.74) is 7.27. The maximum absolute atomic E-state index is 4.44. The number of nitrogens with one attached hydrogen (secondary N) is 2. The quantitative estimate of drug-likeness (QED) is 0.455. The van der Waals surface area contributed by atoms with Crippen molar-refractivity contribution in [3.8, 4) is 0 Å². The average Bonchev–Trinajstić information content (AvgIpc) is 3.07. The predicted molar refractivity (Wildman–Crippen MR) is 142 cm³/mol. The molecule has 1 saturated heterocycles. The van der Waals surface area contributed by atoms with Crippen molar-refractivity contribution < 1.29 is 0 Å².